The minimum atomic E-state index is -1.06. The van der Waals surface area contributed by atoms with E-state index >= 15 is 0 Å². The Hall–Kier alpha value is -1.03. The van der Waals surface area contributed by atoms with Gasteiger partial charge in [0.2, 0.25) is 0 Å². The van der Waals surface area contributed by atoms with Gasteiger partial charge in [0.15, 0.2) is 0 Å². The maximum absolute atomic E-state index is 10.5. The first-order chi connectivity index (χ1) is 6.24. The van der Waals surface area contributed by atoms with Crippen LogP contribution in [0.25, 0.3) is 0 Å². The SMILES string of the molecule is O=C(O)[C@H](CO)Nc1ccccc1.[Cu]. The molecule has 0 spiro atoms. The molecule has 3 N–H and O–H groups in total. The summed E-state index contributed by atoms with van der Waals surface area (Å²) in [6.07, 6.45) is 0. The Morgan fingerprint density at radius 3 is 2.36 bits per heavy atom. The molecule has 81 valence electrons. The van der Waals surface area contributed by atoms with Gasteiger partial charge in [-0.15, -0.1) is 0 Å². The fraction of sp³-hybridized carbons (Fsp3) is 0.222. The molecule has 1 rings (SSSR count). The van der Waals surface area contributed by atoms with Crippen molar-refractivity contribution < 1.29 is 32.1 Å². The van der Waals surface area contributed by atoms with Gasteiger partial charge in [0, 0.05) is 22.8 Å². The zero-order chi connectivity index (χ0) is 9.68. The molecule has 0 heterocycles. The summed E-state index contributed by atoms with van der Waals surface area (Å²) in [7, 11) is 0. The zero-order valence-electron chi connectivity index (χ0n) is 7.28. The van der Waals surface area contributed by atoms with Crippen molar-refractivity contribution in [1.82, 2.24) is 0 Å². The molecule has 0 aromatic heterocycles. The van der Waals surface area contributed by atoms with Gasteiger partial charge in [0.05, 0.1) is 6.61 Å². The summed E-state index contributed by atoms with van der Waals surface area (Å²) in [6, 6.07) is 7.95. The van der Waals surface area contributed by atoms with E-state index in [0.717, 1.165) is 0 Å². The average molecular weight is 245 g/mol. The number of carbonyl (C=O) groups is 1. The number of aliphatic hydroxyl groups excluding tert-OH is 1. The summed E-state index contributed by atoms with van der Waals surface area (Å²) in [4.78, 5) is 10.5. The maximum atomic E-state index is 10.5. The van der Waals surface area contributed by atoms with Crippen molar-refractivity contribution in [3.63, 3.8) is 0 Å². The predicted molar refractivity (Wildman–Crippen MR) is 48.6 cm³/mol. The number of anilines is 1. The van der Waals surface area contributed by atoms with Gasteiger partial charge in [-0.1, -0.05) is 18.2 Å². The van der Waals surface area contributed by atoms with Crippen molar-refractivity contribution in [2.45, 2.75) is 6.04 Å². The summed E-state index contributed by atoms with van der Waals surface area (Å²) >= 11 is 0. The second-order valence-corrected chi connectivity index (χ2v) is 2.58. The Morgan fingerprint density at radius 1 is 1.36 bits per heavy atom. The molecule has 0 saturated heterocycles. The number of benzene rings is 1. The minimum absolute atomic E-state index is 0. The van der Waals surface area contributed by atoms with Crippen LogP contribution in [0.15, 0.2) is 30.3 Å². The molecule has 1 aromatic carbocycles. The van der Waals surface area contributed by atoms with Crippen LogP contribution in [0.1, 0.15) is 0 Å². The molecule has 1 radical (unpaired) electrons. The summed E-state index contributed by atoms with van der Waals surface area (Å²) in [5.74, 6) is -1.06. The quantitative estimate of drug-likeness (QED) is 0.677. The minimum Gasteiger partial charge on any atom is -0.480 e. The van der Waals surface area contributed by atoms with E-state index in [9.17, 15) is 4.79 Å². The molecule has 4 nitrogen and oxygen atoms in total. The molecular weight excluding hydrogens is 234 g/mol. The zero-order valence-corrected chi connectivity index (χ0v) is 8.22. The van der Waals surface area contributed by atoms with Gasteiger partial charge in [-0.2, -0.15) is 0 Å². The molecule has 0 aliphatic rings. The third-order valence-electron chi connectivity index (χ3n) is 1.60. The number of carboxylic acid groups (broad SMARTS) is 1. The van der Waals surface area contributed by atoms with Crippen LogP contribution >= 0.6 is 0 Å². The number of nitrogens with one attached hydrogen (secondary N) is 1. The number of aliphatic hydroxyl groups is 1. The van der Waals surface area contributed by atoms with Crippen LogP contribution in [0.4, 0.5) is 5.69 Å². The average Bonchev–Trinajstić information content (AvgIpc) is 2.15. The third kappa shape index (κ3) is 3.79. The second kappa shape index (κ2) is 6.43. The van der Waals surface area contributed by atoms with E-state index in [1.54, 1.807) is 24.3 Å². The van der Waals surface area contributed by atoms with Crippen molar-refractivity contribution in [2.24, 2.45) is 0 Å². The second-order valence-electron chi connectivity index (χ2n) is 2.58. The molecule has 0 saturated carbocycles. The van der Waals surface area contributed by atoms with Gasteiger partial charge < -0.3 is 15.5 Å². The molecule has 0 fully saturated rings. The number of para-hydroxylation sites is 1. The van der Waals surface area contributed by atoms with Crippen molar-refractivity contribution in [3.05, 3.63) is 30.3 Å². The van der Waals surface area contributed by atoms with Crippen LogP contribution in [-0.2, 0) is 21.9 Å². The molecule has 0 unspecified atom stereocenters. The molecule has 0 amide bonds. The van der Waals surface area contributed by atoms with E-state index < -0.39 is 18.6 Å². The summed E-state index contributed by atoms with van der Waals surface area (Å²) in [5, 5.41) is 20.0. The van der Waals surface area contributed by atoms with Crippen LogP contribution in [-0.4, -0.2) is 28.8 Å². The van der Waals surface area contributed by atoms with Gasteiger partial charge in [-0.3, -0.25) is 0 Å². The predicted octanol–water partition coefficient (Wildman–Crippen LogP) is 0.541. The first-order valence-corrected chi connectivity index (χ1v) is 3.89. The van der Waals surface area contributed by atoms with E-state index in [0.29, 0.717) is 5.69 Å². The number of aliphatic carboxylic acids is 1. The number of hydrogen-bond acceptors (Lipinski definition) is 3. The summed E-state index contributed by atoms with van der Waals surface area (Å²) in [6.45, 7) is -0.426. The van der Waals surface area contributed by atoms with Crippen LogP contribution in [0.5, 0.6) is 0 Å². The van der Waals surface area contributed by atoms with Crippen LogP contribution in [0.2, 0.25) is 0 Å². The molecule has 14 heavy (non-hydrogen) atoms. The molecule has 0 aliphatic carbocycles. The van der Waals surface area contributed by atoms with Crippen molar-refractivity contribution in [1.29, 1.82) is 0 Å². The van der Waals surface area contributed by atoms with Gasteiger partial charge >= 0.3 is 5.97 Å². The Kier molecular flexibility index (Phi) is 5.95. The Morgan fingerprint density at radius 2 is 1.93 bits per heavy atom. The third-order valence-corrected chi connectivity index (χ3v) is 1.60. The van der Waals surface area contributed by atoms with E-state index in [2.05, 4.69) is 5.32 Å². The van der Waals surface area contributed by atoms with Crippen molar-refractivity contribution in [2.75, 3.05) is 11.9 Å². The van der Waals surface area contributed by atoms with Gasteiger partial charge in [0.25, 0.3) is 0 Å². The van der Waals surface area contributed by atoms with Crippen molar-refractivity contribution >= 4 is 11.7 Å². The topological polar surface area (TPSA) is 69.6 Å². The van der Waals surface area contributed by atoms with E-state index in [-0.39, 0.29) is 17.1 Å². The van der Waals surface area contributed by atoms with Crippen molar-refractivity contribution in [3.8, 4) is 0 Å². The monoisotopic (exact) mass is 244 g/mol. The maximum Gasteiger partial charge on any atom is 0.328 e. The molecule has 0 aliphatic heterocycles. The van der Waals surface area contributed by atoms with Crippen LogP contribution in [0.3, 0.4) is 0 Å². The number of rotatable bonds is 4. The number of carboxylic acids is 1. The first-order valence-electron chi connectivity index (χ1n) is 3.89. The Labute approximate surface area is 92.4 Å². The van der Waals surface area contributed by atoms with Gasteiger partial charge in [0.1, 0.15) is 6.04 Å². The van der Waals surface area contributed by atoms with E-state index in [4.69, 9.17) is 10.2 Å². The Bertz CT molecular complexity index is 279. The molecule has 0 bridgehead atoms. The molecule has 1 aromatic rings. The van der Waals surface area contributed by atoms with Gasteiger partial charge in [-0.25, -0.2) is 4.79 Å². The first kappa shape index (κ1) is 13.0. The molecular formula is C9H11CuNO3. The number of hydrogen-bond donors (Lipinski definition) is 3. The van der Waals surface area contributed by atoms with E-state index in [1.807, 2.05) is 6.07 Å². The smallest absolute Gasteiger partial charge is 0.328 e. The van der Waals surface area contributed by atoms with E-state index in [1.165, 1.54) is 0 Å². The van der Waals surface area contributed by atoms with Crippen LogP contribution < -0.4 is 5.32 Å². The van der Waals surface area contributed by atoms with Gasteiger partial charge in [-0.05, 0) is 12.1 Å². The normalized spacial score (nSPS) is 11.2. The summed E-state index contributed by atoms with van der Waals surface area (Å²) in [5.41, 5.74) is 0.684. The summed E-state index contributed by atoms with van der Waals surface area (Å²) < 4.78 is 0. The standard InChI is InChI=1S/C9H11NO3.Cu/c11-6-8(9(12)13)10-7-4-2-1-3-5-7;/h1-5,8,10-11H,6H2,(H,12,13);/t8-;/m0./s1. The fourth-order valence-corrected chi connectivity index (χ4v) is 0.921. The molecule has 5 heteroatoms. The largest absolute Gasteiger partial charge is 0.480 e. The molecule has 1 atom stereocenters. The van der Waals surface area contributed by atoms with Crippen LogP contribution in [0, 0.1) is 0 Å². The Balaban J connectivity index is 0.00000169. The fourth-order valence-electron chi connectivity index (χ4n) is 0.921.